The van der Waals surface area contributed by atoms with Crippen LogP contribution in [0.4, 0.5) is 0 Å². The van der Waals surface area contributed by atoms with Crippen LogP contribution in [0.2, 0.25) is 0 Å². The number of carbonyl (C=O) groups excluding carboxylic acids is 1. The second-order valence-electron chi connectivity index (χ2n) is 7.45. The molecule has 2 saturated heterocycles. The van der Waals surface area contributed by atoms with Gasteiger partial charge in [-0.05, 0) is 54.9 Å². The van der Waals surface area contributed by atoms with Crippen molar-refractivity contribution in [1.82, 2.24) is 9.88 Å². The summed E-state index contributed by atoms with van der Waals surface area (Å²) in [4.78, 5) is 29.3. The molecule has 1 spiro atoms. The van der Waals surface area contributed by atoms with Gasteiger partial charge in [0.1, 0.15) is 0 Å². The molecule has 5 nitrogen and oxygen atoms in total. The highest BCUT2D eigenvalue weighted by atomic mass is 16.5. The Morgan fingerprint density at radius 1 is 1.04 bits per heavy atom. The minimum absolute atomic E-state index is 0.101. The molecule has 2 aromatic rings. The minimum atomic E-state index is -0.127. The Labute approximate surface area is 153 Å². The number of rotatable bonds is 2. The summed E-state index contributed by atoms with van der Waals surface area (Å²) >= 11 is 0. The highest BCUT2D eigenvalue weighted by Gasteiger charge is 2.38. The Bertz CT molecular complexity index is 829. The van der Waals surface area contributed by atoms with Gasteiger partial charge >= 0.3 is 0 Å². The van der Waals surface area contributed by atoms with Crippen molar-refractivity contribution in [2.45, 2.75) is 25.7 Å². The molecule has 1 aromatic carbocycles. The number of ether oxygens (including phenoxy) is 1. The molecule has 1 amide bonds. The van der Waals surface area contributed by atoms with Crippen molar-refractivity contribution in [2.75, 3.05) is 26.3 Å². The van der Waals surface area contributed by atoms with Crippen LogP contribution >= 0.6 is 0 Å². The number of nitrogens with one attached hydrogen (secondary N) is 1. The molecule has 2 aliphatic rings. The molecule has 5 heteroatoms. The Morgan fingerprint density at radius 2 is 1.81 bits per heavy atom. The second kappa shape index (κ2) is 7.08. The van der Waals surface area contributed by atoms with E-state index in [0.29, 0.717) is 5.56 Å². The molecular weight excluding hydrogens is 328 g/mol. The first kappa shape index (κ1) is 17.0. The number of aromatic nitrogens is 1. The third-order valence-corrected chi connectivity index (χ3v) is 5.71. The topological polar surface area (TPSA) is 62.4 Å². The van der Waals surface area contributed by atoms with Gasteiger partial charge in [-0.15, -0.1) is 0 Å². The summed E-state index contributed by atoms with van der Waals surface area (Å²) in [5, 5.41) is 0. The maximum atomic E-state index is 13.0. The molecule has 1 aromatic heterocycles. The van der Waals surface area contributed by atoms with E-state index >= 15 is 0 Å². The highest BCUT2D eigenvalue weighted by Crippen LogP contribution is 2.39. The second-order valence-corrected chi connectivity index (χ2v) is 7.45. The van der Waals surface area contributed by atoms with E-state index in [-0.39, 0.29) is 16.9 Å². The Morgan fingerprint density at radius 3 is 2.54 bits per heavy atom. The summed E-state index contributed by atoms with van der Waals surface area (Å²) in [6.07, 6.45) is 4.36. The Kier molecular flexibility index (Phi) is 4.64. The zero-order valence-corrected chi connectivity index (χ0v) is 14.9. The van der Waals surface area contributed by atoms with Gasteiger partial charge in [0, 0.05) is 43.6 Å². The molecule has 1 N–H and O–H groups in total. The average Bonchev–Trinajstić information content (AvgIpc) is 2.68. The van der Waals surface area contributed by atoms with Crippen LogP contribution in [-0.2, 0) is 4.74 Å². The van der Waals surface area contributed by atoms with E-state index in [0.717, 1.165) is 56.8 Å². The van der Waals surface area contributed by atoms with Gasteiger partial charge in [-0.2, -0.15) is 0 Å². The summed E-state index contributed by atoms with van der Waals surface area (Å²) in [7, 11) is 0. The first-order valence-electron chi connectivity index (χ1n) is 9.32. The Balaban J connectivity index is 1.50. The van der Waals surface area contributed by atoms with E-state index < -0.39 is 0 Å². The smallest absolute Gasteiger partial charge is 0.253 e. The number of carbonyl (C=O) groups is 1. The summed E-state index contributed by atoms with van der Waals surface area (Å²) in [6, 6.07) is 12.6. The fourth-order valence-electron chi connectivity index (χ4n) is 4.18. The molecule has 0 aliphatic carbocycles. The lowest BCUT2D eigenvalue weighted by atomic mass is 9.74. The van der Waals surface area contributed by atoms with E-state index in [9.17, 15) is 9.59 Å². The zero-order valence-electron chi connectivity index (χ0n) is 14.9. The van der Waals surface area contributed by atoms with Crippen LogP contribution in [0.3, 0.4) is 0 Å². The van der Waals surface area contributed by atoms with E-state index in [1.165, 1.54) is 12.5 Å². The van der Waals surface area contributed by atoms with Crippen LogP contribution < -0.4 is 5.56 Å². The predicted octanol–water partition coefficient (Wildman–Crippen LogP) is 3.07. The molecule has 136 valence electrons. The van der Waals surface area contributed by atoms with Gasteiger partial charge in [-0.1, -0.05) is 18.2 Å². The summed E-state index contributed by atoms with van der Waals surface area (Å²) < 4.78 is 5.51. The van der Waals surface area contributed by atoms with E-state index in [4.69, 9.17) is 4.74 Å². The molecule has 0 atom stereocenters. The van der Waals surface area contributed by atoms with Gasteiger partial charge in [-0.3, -0.25) is 9.59 Å². The van der Waals surface area contributed by atoms with E-state index in [1.54, 1.807) is 6.07 Å². The summed E-state index contributed by atoms with van der Waals surface area (Å²) in [5.74, 6) is 0.101. The SMILES string of the molecule is O=C(c1ccc(-c2cccc(=O)[nH]2)cc1)N1CCCC2(CCOCC2)C1. The molecule has 3 heterocycles. The standard InChI is InChI=1S/C21H24N2O3/c24-19-4-1-3-18(22-19)16-5-7-17(8-6-16)20(25)23-12-2-9-21(15-23)10-13-26-14-11-21/h1,3-8H,2,9-15H2,(H,22,24). The van der Waals surface area contributed by atoms with Gasteiger partial charge < -0.3 is 14.6 Å². The number of likely N-dealkylation sites (tertiary alicyclic amines) is 1. The number of hydrogen-bond acceptors (Lipinski definition) is 3. The maximum Gasteiger partial charge on any atom is 0.253 e. The quantitative estimate of drug-likeness (QED) is 0.903. The first-order valence-corrected chi connectivity index (χ1v) is 9.32. The van der Waals surface area contributed by atoms with Crippen molar-refractivity contribution in [3.8, 4) is 11.3 Å². The maximum absolute atomic E-state index is 13.0. The van der Waals surface area contributed by atoms with Crippen LogP contribution in [0.25, 0.3) is 11.3 Å². The van der Waals surface area contributed by atoms with Crippen LogP contribution in [0.1, 0.15) is 36.0 Å². The normalized spacial score (nSPS) is 19.5. The molecule has 0 saturated carbocycles. The van der Waals surface area contributed by atoms with Crippen molar-refractivity contribution >= 4 is 5.91 Å². The zero-order chi connectivity index (χ0) is 18.0. The van der Waals surface area contributed by atoms with E-state index in [1.807, 2.05) is 35.2 Å². The summed E-state index contributed by atoms with van der Waals surface area (Å²) in [5.41, 5.74) is 2.48. The lowest BCUT2D eigenvalue weighted by Crippen LogP contribution is -2.48. The molecular formula is C21H24N2O3. The van der Waals surface area contributed by atoms with Gasteiger partial charge in [-0.25, -0.2) is 0 Å². The van der Waals surface area contributed by atoms with Crippen LogP contribution in [0, 0.1) is 5.41 Å². The average molecular weight is 352 g/mol. The molecule has 0 unspecified atom stereocenters. The third kappa shape index (κ3) is 3.44. The molecule has 26 heavy (non-hydrogen) atoms. The fraction of sp³-hybridized carbons (Fsp3) is 0.429. The monoisotopic (exact) mass is 352 g/mol. The minimum Gasteiger partial charge on any atom is -0.381 e. The third-order valence-electron chi connectivity index (χ3n) is 5.71. The molecule has 0 radical (unpaired) electrons. The van der Waals surface area contributed by atoms with Crippen LogP contribution in [0.5, 0.6) is 0 Å². The van der Waals surface area contributed by atoms with Crippen molar-refractivity contribution in [2.24, 2.45) is 5.41 Å². The number of amides is 1. The lowest BCUT2D eigenvalue weighted by Gasteiger charge is -2.45. The number of hydrogen-bond donors (Lipinski definition) is 1. The number of nitrogens with zero attached hydrogens (tertiary/aromatic N) is 1. The largest absolute Gasteiger partial charge is 0.381 e. The van der Waals surface area contributed by atoms with Gasteiger partial charge in [0.2, 0.25) is 5.56 Å². The van der Waals surface area contributed by atoms with Gasteiger partial charge in [0.05, 0.1) is 0 Å². The number of pyridine rings is 1. The first-order chi connectivity index (χ1) is 12.7. The lowest BCUT2D eigenvalue weighted by molar-refractivity contribution is -0.0229. The van der Waals surface area contributed by atoms with Crippen LogP contribution in [-0.4, -0.2) is 42.1 Å². The van der Waals surface area contributed by atoms with E-state index in [2.05, 4.69) is 4.98 Å². The van der Waals surface area contributed by atoms with Crippen molar-refractivity contribution < 1.29 is 9.53 Å². The van der Waals surface area contributed by atoms with Crippen molar-refractivity contribution in [1.29, 1.82) is 0 Å². The van der Waals surface area contributed by atoms with Gasteiger partial charge in [0.15, 0.2) is 0 Å². The van der Waals surface area contributed by atoms with Crippen LogP contribution in [0.15, 0.2) is 47.3 Å². The van der Waals surface area contributed by atoms with Crippen molar-refractivity contribution in [3.05, 3.63) is 58.4 Å². The number of benzene rings is 1. The number of aromatic amines is 1. The predicted molar refractivity (Wildman–Crippen MR) is 100 cm³/mol. The van der Waals surface area contributed by atoms with Crippen molar-refractivity contribution in [3.63, 3.8) is 0 Å². The fourth-order valence-corrected chi connectivity index (χ4v) is 4.18. The van der Waals surface area contributed by atoms with Gasteiger partial charge in [0.25, 0.3) is 5.91 Å². The summed E-state index contributed by atoms with van der Waals surface area (Å²) in [6.45, 7) is 3.29. The number of H-pyrrole nitrogens is 1. The molecule has 0 bridgehead atoms. The highest BCUT2D eigenvalue weighted by molar-refractivity contribution is 5.94. The Hall–Kier alpha value is -2.40. The molecule has 4 rings (SSSR count). The molecule has 2 fully saturated rings. The molecule has 2 aliphatic heterocycles. The number of piperidine rings is 1.